The van der Waals surface area contributed by atoms with E-state index in [1.807, 2.05) is 23.1 Å². The smallest absolute Gasteiger partial charge is 0.322 e. The molecule has 5 fully saturated rings. The van der Waals surface area contributed by atoms with Crippen LogP contribution in [0.4, 0.5) is 27.5 Å². The van der Waals surface area contributed by atoms with E-state index in [1.54, 1.807) is 0 Å². The van der Waals surface area contributed by atoms with Gasteiger partial charge in [-0.05, 0) is 99.1 Å². The summed E-state index contributed by atoms with van der Waals surface area (Å²) in [5.74, 6) is 1.43. The molecule has 4 aliphatic carbocycles. The van der Waals surface area contributed by atoms with E-state index in [2.05, 4.69) is 45.4 Å². The molecule has 0 radical (unpaired) electrons. The monoisotopic (exact) mass is 502 g/mol. The first kappa shape index (κ1) is 23.4. The van der Waals surface area contributed by atoms with Crippen molar-refractivity contribution in [3.05, 3.63) is 48.5 Å². The summed E-state index contributed by atoms with van der Waals surface area (Å²) in [6.07, 6.45) is 6.39. The van der Waals surface area contributed by atoms with Crippen LogP contribution in [0.15, 0.2) is 48.5 Å². The number of aliphatic hydroxyl groups is 2. The number of aliphatic hydroxyl groups excluding tert-OH is 1. The molecule has 4 saturated carbocycles. The lowest BCUT2D eigenvalue weighted by atomic mass is 9.52. The van der Waals surface area contributed by atoms with Crippen LogP contribution in [0.2, 0.25) is 0 Å². The largest absolute Gasteiger partial charge is 0.393 e. The number of benzene rings is 2. The molecular formula is C30H38N4O3. The van der Waals surface area contributed by atoms with Gasteiger partial charge in [0.25, 0.3) is 0 Å². The zero-order valence-corrected chi connectivity index (χ0v) is 21.4. The van der Waals surface area contributed by atoms with E-state index in [1.165, 1.54) is 5.69 Å². The summed E-state index contributed by atoms with van der Waals surface area (Å²) in [6, 6.07) is 17.1. The first-order chi connectivity index (χ1) is 18.0. The third kappa shape index (κ3) is 4.16. The second-order valence-corrected chi connectivity index (χ2v) is 12.2. The molecule has 2 atom stereocenters. The van der Waals surface area contributed by atoms with Gasteiger partial charge in [0.15, 0.2) is 0 Å². The highest BCUT2D eigenvalue weighted by Gasteiger charge is 2.55. The van der Waals surface area contributed by atoms with Crippen molar-refractivity contribution in [1.29, 1.82) is 0 Å². The predicted octanol–water partition coefficient (Wildman–Crippen LogP) is 4.26. The van der Waals surface area contributed by atoms with Crippen molar-refractivity contribution in [2.45, 2.75) is 62.7 Å². The number of carbonyl (C=O) groups is 1. The number of anilines is 4. The van der Waals surface area contributed by atoms with Gasteiger partial charge in [-0.3, -0.25) is 4.90 Å². The molecule has 7 heteroatoms. The number of fused-ring (bicyclic) bond motifs is 1. The number of piperidine rings is 1. The van der Waals surface area contributed by atoms with Gasteiger partial charge in [-0.1, -0.05) is 12.1 Å². The van der Waals surface area contributed by atoms with Gasteiger partial charge in [-0.25, -0.2) is 4.79 Å². The molecule has 2 unspecified atom stereocenters. The minimum absolute atomic E-state index is 0.000743. The quantitative estimate of drug-likeness (QED) is 0.585. The summed E-state index contributed by atoms with van der Waals surface area (Å²) in [4.78, 5) is 20.2. The topological polar surface area (TPSA) is 79.3 Å². The average Bonchev–Trinajstić information content (AvgIpc) is 2.90. The lowest BCUT2D eigenvalue weighted by Gasteiger charge is -2.58. The summed E-state index contributed by atoms with van der Waals surface area (Å²) in [7, 11) is 0. The van der Waals surface area contributed by atoms with E-state index in [9.17, 15) is 15.0 Å². The molecule has 6 aliphatic rings. The molecule has 2 aromatic carbocycles. The van der Waals surface area contributed by atoms with Crippen LogP contribution in [0.1, 0.15) is 44.9 Å². The second kappa shape index (κ2) is 8.91. The van der Waals surface area contributed by atoms with E-state index < -0.39 is 5.60 Å². The number of rotatable bonds is 3. The molecule has 8 rings (SSSR count). The Morgan fingerprint density at radius 3 is 2.16 bits per heavy atom. The van der Waals surface area contributed by atoms with Gasteiger partial charge in [0.2, 0.25) is 0 Å². The zero-order valence-electron chi connectivity index (χ0n) is 21.4. The lowest BCUT2D eigenvalue weighted by Crippen LogP contribution is -2.63. The number of hydrogen-bond donors (Lipinski definition) is 3. The van der Waals surface area contributed by atoms with Gasteiger partial charge in [-0.2, -0.15) is 0 Å². The SMILES string of the molecule is O=C(N[C@H]1C2CC3CC1C[C@@](O)(C3)C2)N1CCN(c2ccc(N3CCC(O)CC3)cc2)c2ccccc21. The molecule has 2 aliphatic heterocycles. The Labute approximate surface area is 219 Å². The zero-order chi connectivity index (χ0) is 25.1. The van der Waals surface area contributed by atoms with Gasteiger partial charge in [-0.15, -0.1) is 0 Å². The normalized spacial score (nSPS) is 33.0. The molecule has 4 bridgehead atoms. The second-order valence-electron chi connectivity index (χ2n) is 12.2. The van der Waals surface area contributed by atoms with Crippen LogP contribution in [0.25, 0.3) is 0 Å². The number of nitrogens with zero attached hydrogens (tertiary/aromatic N) is 3. The van der Waals surface area contributed by atoms with Gasteiger partial charge in [0, 0.05) is 43.6 Å². The van der Waals surface area contributed by atoms with Crippen molar-refractivity contribution in [3.63, 3.8) is 0 Å². The van der Waals surface area contributed by atoms with Crippen LogP contribution in [-0.4, -0.2) is 60.2 Å². The van der Waals surface area contributed by atoms with Crippen LogP contribution in [0.3, 0.4) is 0 Å². The Morgan fingerprint density at radius 1 is 0.838 bits per heavy atom. The van der Waals surface area contributed by atoms with E-state index in [4.69, 9.17) is 0 Å². The summed E-state index contributed by atoms with van der Waals surface area (Å²) in [6.45, 7) is 3.14. The summed E-state index contributed by atoms with van der Waals surface area (Å²) >= 11 is 0. The van der Waals surface area contributed by atoms with Crippen LogP contribution in [0, 0.1) is 17.8 Å². The number of urea groups is 1. The number of nitrogens with one attached hydrogen (secondary N) is 1. The Balaban J connectivity index is 1.08. The number of hydrogen-bond acceptors (Lipinski definition) is 5. The van der Waals surface area contributed by atoms with Crippen LogP contribution in [-0.2, 0) is 0 Å². The standard InChI is InChI=1S/C30H38N4O3/c35-25-9-11-32(12-10-25)23-5-7-24(8-6-23)33-13-14-34(27-4-2-1-3-26(27)33)29(36)31-28-21-15-20-16-22(28)19-30(37,17-20)18-21/h1-8,20-22,25,28,35,37H,9-19H2,(H,31,36)/t20?,21?,22?,28-,30+. The summed E-state index contributed by atoms with van der Waals surface area (Å²) in [5.41, 5.74) is 3.84. The Hall–Kier alpha value is -2.77. The van der Waals surface area contributed by atoms with Crippen molar-refractivity contribution in [1.82, 2.24) is 5.32 Å². The molecule has 7 nitrogen and oxygen atoms in total. The molecule has 3 N–H and O–H groups in total. The fraction of sp³-hybridized carbons (Fsp3) is 0.567. The predicted molar refractivity (Wildman–Crippen MR) is 146 cm³/mol. The highest BCUT2D eigenvalue weighted by molar-refractivity contribution is 5.98. The molecule has 0 spiro atoms. The maximum absolute atomic E-state index is 13.6. The van der Waals surface area contributed by atoms with Crippen LogP contribution in [0.5, 0.6) is 0 Å². The van der Waals surface area contributed by atoms with Crippen LogP contribution >= 0.6 is 0 Å². The molecule has 37 heavy (non-hydrogen) atoms. The Morgan fingerprint density at radius 2 is 1.49 bits per heavy atom. The molecule has 196 valence electrons. The highest BCUT2D eigenvalue weighted by Crippen LogP contribution is 2.55. The van der Waals surface area contributed by atoms with Crippen molar-refractivity contribution in [2.24, 2.45) is 17.8 Å². The molecular weight excluding hydrogens is 464 g/mol. The Bertz CT molecular complexity index is 1150. The van der Waals surface area contributed by atoms with E-state index in [-0.39, 0.29) is 18.2 Å². The molecule has 1 saturated heterocycles. The number of carbonyl (C=O) groups excluding carboxylic acids is 1. The fourth-order valence-corrected chi connectivity index (χ4v) is 8.25. The summed E-state index contributed by atoms with van der Waals surface area (Å²) in [5, 5.41) is 24.2. The number of amides is 2. The van der Waals surface area contributed by atoms with E-state index in [0.29, 0.717) is 24.3 Å². The summed E-state index contributed by atoms with van der Waals surface area (Å²) < 4.78 is 0. The lowest BCUT2D eigenvalue weighted by molar-refractivity contribution is -0.136. The van der Waals surface area contributed by atoms with Crippen LogP contribution < -0.4 is 20.0 Å². The Kier molecular flexibility index (Phi) is 5.63. The van der Waals surface area contributed by atoms with Crippen molar-refractivity contribution >= 4 is 28.8 Å². The average molecular weight is 503 g/mol. The molecule has 0 aromatic heterocycles. The van der Waals surface area contributed by atoms with Crippen molar-refractivity contribution in [3.8, 4) is 0 Å². The first-order valence-electron chi connectivity index (χ1n) is 14.2. The van der Waals surface area contributed by atoms with Crippen molar-refractivity contribution in [2.75, 3.05) is 40.9 Å². The third-order valence-corrected chi connectivity index (χ3v) is 9.78. The van der Waals surface area contributed by atoms with Gasteiger partial charge < -0.3 is 25.3 Å². The first-order valence-corrected chi connectivity index (χ1v) is 14.2. The van der Waals surface area contributed by atoms with Gasteiger partial charge >= 0.3 is 6.03 Å². The molecule has 2 aromatic rings. The highest BCUT2D eigenvalue weighted by atomic mass is 16.3. The molecule has 2 heterocycles. The minimum Gasteiger partial charge on any atom is -0.393 e. The third-order valence-electron chi connectivity index (χ3n) is 9.78. The van der Waals surface area contributed by atoms with Crippen molar-refractivity contribution < 1.29 is 15.0 Å². The van der Waals surface area contributed by atoms with Gasteiger partial charge in [0.1, 0.15) is 0 Å². The maximum atomic E-state index is 13.6. The van der Waals surface area contributed by atoms with Gasteiger partial charge in [0.05, 0.1) is 23.1 Å². The minimum atomic E-state index is -0.485. The van der Waals surface area contributed by atoms with E-state index in [0.717, 1.165) is 81.6 Å². The molecule has 2 amide bonds. The maximum Gasteiger partial charge on any atom is 0.322 e. The fourth-order valence-electron chi connectivity index (χ4n) is 8.25. The van der Waals surface area contributed by atoms with E-state index >= 15 is 0 Å². The number of para-hydroxylation sites is 2.